The van der Waals surface area contributed by atoms with Crippen LogP contribution in [0.5, 0.6) is 0 Å². The van der Waals surface area contributed by atoms with Crippen LogP contribution in [0, 0.1) is 5.82 Å². The summed E-state index contributed by atoms with van der Waals surface area (Å²) in [6, 6.07) is 14.0. The SMILES string of the molecule is C[C@H](c1ccc(-n2cncn2)cc1)N(C)C(=O)CSc1ccc(F)cc1. The number of hydrogen-bond acceptors (Lipinski definition) is 4. The average molecular weight is 370 g/mol. The van der Waals surface area contributed by atoms with Crippen LogP contribution in [0.4, 0.5) is 4.39 Å². The lowest BCUT2D eigenvalue weighted by Gasteiger charge is -2.25. The third-order valence-corrected chi connectivity index (χ3v) is 5.21. The molecule has 0 aliphatic carbocycles. The average Bonchev–Trinajstić information content (AvgIpc) is 3.21. The van der Waals surface area contributed by atoms with E-state index in [1.807, 2.05) is 31.2 Å². The summed E-state index contributed by atoms with van der Waals surface area (Å²) < 4.78 is 14.6. The number of rotatable bonds is 6. The Kier molecular flexibility index (Phi) is 5.68. The number of halogens is 1. The van der Waals surface area contributed by atoms with Gasteiger partial charge in [0.2, 0.25) is 5.91 Å². The van der Waals surface area contributed by atoms with Crippen molar-refractivity contribution >= 4 is 17.7 Å². The highest BCUT2D eigenvalue weighted by Crippen LogP contribution is 2.23. The van der Waals surface area contributed by atoms with Crippen molar-refractivity contribution in [3.63, 3.8) is 0 Å². The van der Waals surface area contributed by atoms with Gasteiger partial charge >= 0.3 is 0 Å². The molecule has 0 bridgehead atoms. The lowest BCUT2D eigenvalue weighted by molar-refractivity contribution is -0.128. The van der Waals surface area contributed by atoms with E-state index in [4.69, 9.17) is 0 Å². The van der Waals surface area contributed by atoms with Gasteiger partial charge < -0.3 is 4.90 Å². The molecule has 3 aromatic rings. The zero-order valence-corrected chi connectivity index (χ0v) is 15.4. The maximum Gasteiger partial charge on any atom is 0.233 e. The molecule has 1 heterocycles. The number of carbonyl (C=O) groups excluding carboxylic acids is 1. The first-order valence-corrected chi connectivity index (χ1v) is 9.12. The van der Waals surface area contributed by atoms with Crippen molar-refractivity contribution in [3.05, 3.63) is 72.6 Å². The van der Waals surface area contributed by atoms with Gasteiger partial charge in [-0.05, 0) is 48.9 Å². The molecule has 7 heteroatoms. The second kappa shape index (κ2) is 8.14. The highest BCUT2D eigenvalue weighted by Gasteiger charge is 2.17. The molecule has 0 aliphatic rings. The standard InChI is InChI=1S/C19H19FN4OS/c1-14(15-3-7-17(8-4-15)24-13-21-12-22-24)23(2)19(25)11-26-18-9-5-16(20)6-10-18/h3-10,12-14H,11H2,1-2H3/t14-/m1/s1. The molecule has 0 radical (unpaired) electrons. The molecule has 5 nitrogen and oxygen atoms in total. The maximum absolute atomic E-state index is 12.9. The quantitative estimate of drug-likeness (QED) is 0.621. The lowest BCUT2D eigenvalue weighted by Crippen LogP contribution is -2.31. The topological polar surface area (TPSA) is 51.0 Å². The van der Waals surface area contributed by atoms with E-state index < -0.39 is 0 Å². The molecule has 1 amide bonds. The first-order valence-electron chi connectivity index (χ1n) is 8.13. The molecule has 26 heavy (non-hydrogen) atoms. The number of amides is 1. The normalized spacial score (nSPS) is 12.0. The Balaban J connectivity index is 1.60. The smallest absolute Gasteiger partial charge is 0.233 e. The fourth-order valence-electron chi connectivity index (χ4n) is 2.46. The summed E-state index contributed by atoms with van der Waals surface area (Å²) in [4.78, 5) is 19.0. The Hall–Kier alpha value is -2.67. The van der Waals surface area contributed by atoms with Crippen molar-refractivity contribution in [2.24, 2.45) is 0 Å². The van der Waals surface area contributed by atoms with E-state index in [0.29, 0.717) is 5.75 Å². The highest BCUT2D eigenvalue weighted by atomic mass is 32.2. The van der Waals surface area contributed by atoms with Crippen molar-refractivity contribution < 1.29 is 9.18 Å². The van der Waals surface area contributed by atoms with E-state index in [1.54, 1.807) is 35.1 Å². The minimum Gasteiger partial charge on any atom is -0.338 e. The summed E-state index contributed by atoms with van der Waals surface area (Å²) in [7, 11) is 1.80. The molecule has 0 unspecified atom stereocenters. The van der Waals surface area contributed by atoms with Crippen molar-refractivity contribution in [2.75, 3.05) is 12.8 Å². The summed E-state index contributed by atoms with van der Waals surface area (Å²) in [6.07, 6.45) is 3.13. The van der Waals surface area contributed by atoms with Crippen LogP contribution in [0.2, 0.25) is 0 Å². The van der Waals surface area contributed by atoms with Gasteiger partial charge in [0.05, 0.1) is 17.5 Å². The van der Waals surface area contributed by atoms with Gasteiger partial charge in [0.25, 0.3) is 0 Å². The molecule has 0 aliphatic heterocycles. The van der Waals surface area contributed by atoms with Crippen molar-refractivity contribution in [1.82, 2.24) is 19.7 Å². The van der Waals surface area contributed by atoms with Crippen LogP contribution >= 0.6 is 11.8 Å². The van der Waals surface area contributed by atoms with E-state index >= 15 is 0 Å². The molecule has 0 N–H and O–H groups in total. The second-order valence-electron chi connectivity index (χ2n) is 5.85. The number of thioether (sulfide) groups is 1. The summed E-state index contributed by atoms with van der Waals surface area (Å²) >= 11 is 1.40. The lowest BCUT2D eigenvalue weighted by atomic mass is 10.1. The molecule has 0 fully saturated rings. The number of carbonyl (C=O) groups is 1. The van der Waals surface area contributed by atoms with E-state index in [-0.39, 0.29) is 17.8 Å². The fraction of sp³-hybridized carbons (Fsp3) is 0.211. The summed E-state index contributed by atoms with van der Waals surface area (Å²) in [5, 5.41) is 4.10. The van der Waals surface area contributed by atoms with Crippen molar-refractivity contribution in [1.29, 1.82) is 0 Å². The maximum atomic E-state index is 12.9. The second-order valence-corrected chi connectivity index (χ2v) is 6.90. The van der Waals surface area contributed by atoms with Crippen molar-refractivity contribution in [3.8, 4) is 5.69 Å². The Morgan fingerprint density at radius 1 is 1.19 bits per heavy atom. The number of nitrogens with zero attached hydrogens (tertiary/aromatic N) is 4. The third kappa shape index (κ3) is 4.29. The molecular formula is C19H19FN4OS. The van der Waals surface area contributed by atoms with Gasteiger partial charge in [-0.2, -0.15) is 5.10 Å². The minimum atomic E-state index is -0.277. The largest absolute Gasteiger partial charge is 0.338 e. The van der Waals surface area contributed by atoms with E-state index in [0.717, 1.165) is 16.1 Å². The fourth-order valence-corrected chi connectivity index (χ4v) is 3.29. The van der Waals surface area contributed by atoms with Crippen LogP contribution in [0.1, 0.15) is 18.5 Å². The van der Waals surface area contributed by atoms with Crippen LogP contribution in [0.3, 0.4) is 0 Å². The number of hydrogen-bond donors (Lipinski definition) is 0. The molecule has 0 saturated carbocycles. The van der Waals surface area contributed by atoms with Gasteiger partial charge in [-0.25, -0.2) is 14.1 Å². The molecule has 0 spiro atoms. The molecule has 134 valence electrons. The van der Waals surface area contributed by atoms with Gasteiger partial charge in [-0.3, -0.25) is 4.79 Å². The third-order valence-electron chi connectivity index (χ3n) is 4.21. The summed E-state index contributed by atoms with van der Waals surface area (Å²) in [6.45, 7) is 1.99. The molecule has 2 aromatic carbocycles. The van der Waals surface area contributed by atoms with E-state index in [2.05, 4.69) is 10.1 Å². The molecular weight excluding hydrogens is 351 g/mol. The highest BCUT2D eigenvalue weighted by molar-refractivity contribution is 8.00. The van der Waals surface area contributed by atoms with Gasteiger partial charge in [0, 0.05) is 11.9 Å². The van der Waals surface area contributed by atoms with E-state index in [1.165, 1.54) is 30.2 Å². The zero-order valence-electron chi connectivity index (χ0n) is 14.5. The molecule has 3 rings (SSSR count). The zero-order chi connectivity index (χ0) is 18.5. The Morgan fingerprint density at radius 2 is 1.88 bits per heavy atom. The Morgan fingerprint density at radius 3 is 2.50 bits per heavy atom. The van der Waals surface area contributed by atoms with Crippen LogP contribution in [-0.2, 0) is 4.79 Å². The minimum absolute atomic E-state index is 0.0205. The number of benzene rings is 2. The summed E-state index contributed by atoms with van der Waals surface area (Å²) in [5.74, 6) is 0.0525. The predicted molar refractivity (Wildman–Crippen MR) is 99.7 cm³/mol. The molecule has 1 atom stereocenters. The van der Waals surface area contributed by atoms with Crippen LogP contribution in [0.15, 0.2) is 66.1 Å². The predicted octanol–water partition coefficient (Wildman–Crippen LogP) is 3.72. The molecule has 0 saturated heterocycles. The molecule has 1 aromatic heterocycles. The van der Waals surface area contributed by atoms with Crippen molar-refractivity contribution in [2.45, 2.75) is 17.9 Å². The van der Waals surface area contributed by atoms with E-state index in [9.17, 15) is 9.18 Å². The summed E-state index contributed by atoms with van der Waals surface area (Å²) in [5.41, 5.74) is 1.95. The van der Waals surface area contributed by atoms with Crippen LogP contribution in [-0.4, -0.2) is 38.4 Å². The monoisotopic (exact) mass is 370 g/mol. The number of aromatic nitrogens is 3. The van der Waals surface area contributed by atoms with Gasteiger partial charge in [0.1, 0.15) is 18.5 Å². The first kappa shape index (κ1) is 18.1. The first-order chi connectivity index (χ1) is 12.5. The van der Waals surface area contributed by atoms with Crippen LogP contribution < -0.4 is 0 Å². The Bertz CT molecular complexity index is 850. The van der Waals surface area contributed by atoms with Gasteiger partial charge in [-0.15, -0.1) is 11.8 Å². The van der Waals surface area contributed by atoms with Gasteiger partial charge in [0.15, 0.2) is 0 Å². The van der Waals surface area contributed by atoms with Crippen LogP contribution in [0.25, 0.3) is 5.69 Å². The van der Waals surface area contributed by atoms with Gasteiger partial charge in [-0.1, -0.05) is 12.1 Å². The Labute approximate surface area is 155 Å².